The van der Waals surface area contributed by atoms with Gasteiger partial charge in [-0.1, -0.05) is 13.8 Å². The van der Waals surface area contributed by atoms with Gasteiger partial charge in [0, 0.05) is 0 Å². The van der Waals surface area contributed by atoms with E-state index in [9.17, 15) is 25.9 Å². The topological polar surface area (TPSA) is 133 Å². The van der Waals surface area contributed by atoms with Crippen molar-refractivity contribution in [3.63, 3.8) is 0 Å². The van der Waals surface area contributed by atoms with Crippen LogP contribution in [0.2, 0.25) is 0 Å². The van der Waals surface area contributed by atoms with E-state index in [0.717, 1.165) is 0 Å². The van der Waals surface area contributed by atoms with Crippen LogP contribution in [0.3, 0.4) is 0 Å². The molecule has 0 radical (unpaired) electrons. The Balaban J connectivity index is -0.000000256. The fourth-order valence-corrected chi connectivity index (χ4v) is 1.62. The van der Waals surface area contributed by atoms with Gasteiger partial charge in [0.05, 0.1) is 12.2 Å². The molecule has 0 aromatic carbocycles. The van der Waals surface area contributed by atoms with Crippen LogP contribution >= 0.6 is 0 Å². The SMILES string of the molecule is CCC(C)OS(=O)(=O)[O-].CCC(C)OS(=O)(=O)[O-].[Zn+2]. The van der Waals surface area contributed by atoms with Gasteiger partial charge in [-0.15, -0.1) is 0 Å². The van der Waals surface area contributed by atoms with Gasteiger partial charge < -0.3 is 9.11 Å². The minimum atomic E-state index is -4.49. The van der Waals surface area contributed by atoms with Crippen LogP contribution in [-0.2, 0) is 48.6 Å². The first-order valence-corrected chi connectivity index (χ1v) is 7.86. The molecule has 0 rings (SSSR count). The molecule has 0 aliphatic carbocycles. The second kappa shape index (κ2) is 11.1. The summed E-state index contributed by atoms with van der Waals surface area (Å²) in [6, 6.07) is 0. The summed E-state index contributed by atoms with van der Waals surface area (Å²) in [6.45, 7) is 6.51. The molecule has 0 N–H and O–H groups in total. The largest absolute Gasteiger partial charge is 2.00 e. The Morgan fingerprint density at radius 1 is 0.842 bits per heavy atom. The van der Waals surface area contributed by atoms with Gasteiger partial charge in [0.15, 0.2) is 0 Å². The summed E-state index contributed by atoms with van der Waals surface area (Å²) in [5.41, 5.74) is 0. The van der Waals surface area contributed by atoms with Gasteiger partial charge in [0.25, 0.3) is 0 Å². The fraction of sp³-hybridized carbons (Fsp3) is 1.00. The van der Waals surface area contributed by atoms with Crippen molar-refractivity contribution in [3.05, 3.63) is 0 Å². The van der Waals surface area contributed by atoms with Gasteiger partial charge in [-0.3, -0.25) is 8.37 Å². The smallest absolute Gasteiger partial charge is 0.726 e. The van der Waals surface area contributed by atoms with Crippen molar-refractivity contribution in [1.29, 1.82) is 0 Å². The van der Waals surface area contributed by atoms with Crippen molar-refractivity contribution in [2.24, 2.45) is 0 Å². The average Bonchev–Trinajstić information content (AvgIpc) is 2.13. The molecule has 112 valence electrons. The normalized spacial score (nSPS) is 14.6. The molecule has 0 amide bonds. The Kier molecular flexibility index (Phi) is 14.2. The Morgan fingerprint density at radius 2 is 1.05 bits per heavy atom. The summed E-state index contributed by atoms with van der Waals surface area (Å²) in [5.74, 6) is 0. The van der Waals surface area contributed by atoms with E-state index in [-0.39, 0.29) is 19.5 Å². The van der Waals surface area contributed by atoms with E-state index in [0.29, 0.717) is 12.8 Å². The Labute approximate surface area is 127 Å². The summed E-state index contributed by atoms with van der Waals surface area (Å²) in [6.07, 6.45) is 0.0168. The maximum absolute atomic E-state index is 9.82. The van der Waals surface area contributed by atoms with E-state index < -0.39 is 33.0 Å². The van der Waals surface area contributed by atoms with Crippen LogP contribution < -0.4 is 0 Å². The fourth-order valence-electron chi connectivity index (χ4n) is 0.538. The monoisotopic (exact) mass is 370 g/mol. The molecule has 0 spiro atoms. The van der Waals surface area contributed by atoms with Crippen molar-refractivity contribution >= 4 is 20.8 Å². The first-order chi connectivity index (χ1) is 7.91. The van der Waals surface area contributed by atoms with E-state index in [1.165, 1.54) is 13.8 Å². The van der Waals surface area contributed by atoms with Crippen LogP contribution in [0.25, 0.3) is 0 Å². The molecule has 0 saturated heterocycles. The van der Waals surface area contributed by atoms with Crippen LogP contribution in [-0.4, -0.2) is 38.1 Å². The summed E-state index contributed by atoms with van der Waals surface area (Å²) < 4.78 is 66.9. The molecule has 2 atom stereocenters. The van der Waals surface area contributed by atoms with E-state index in [1.54, 1.807) is 13.8 Å². The predicted molar refractivity (Wildman–Crippen MR) is 61.1 cm³/mol. The molecule has 0 heterocycles. The van der Waals surface area contributed by atoms with Gasteiger partial charge in [-0.2, -0.15) is 0 Å². The molecule has 0 bridgehead atoms. The molecule has 0 aliphatic heterocycles. The van der Waals surface area contributed by atoms with Crippen molar-refractivity contribution in [3.8, 4) is 0 Å². The molecule has 0 aromatic rings. The van der Waals surface area contributed by atoms with E-state index in [4.69, 9.17) is 0 Å². The molecular weight excluding hydrogens is 354 g/mol. The van der Waals surface area contributed by atoms with E-state index in [1.807, 2.05) is 0 Å². The molecule has 0 saturated carbocycles. The van der Waals surface area contributed by atoms with Crippen molar-refractivity contribution in [2.75, 3.05) is 0 Å². The molecule has 0 aliphatic rings. The first kappa shape index (κ1) is 24.4. The minimum absolute atomic E-state index is 0. The molecular formula is C8H18O8S2Zn. The van der Waals surface area contributed by atoms with Gasteiger partial charge >= 0.3 is 19.5 Å². The van der Waals surface area contributed by atoms with Crippen LogP contribution in [0, 0.1) is 0 Å². The van der Waals surface area contributed by atoms with Crippen LogP contribution in [0.15, 0.2) is 0 Å². The third-order valence-electron chi connectivity index (χ3n) is 1.71. The number of hydrogen-bond donors (Lipinski definition) is 0. The van der Waals surface area contributed by atoms with E-state index >= 15 is 0 Å². The third kappa shape index (κ3) is 23.8. The molecule has 0 aromatic heterocycles. The molecule has 0 fully saturated rings. The summed E-state index contributed by atoms with van der Waals surface area (Å²) in [7, 11) is -8.97. The average molecular weight is 372 g/mol. The molecule has 11 heteroatoms. The van der Waals surface area contributed by atoms with Crippen LogP contribution in [0.5, 0.6) is 0 Å². The maximum Gasteiger partial charge on any atom is 2.00 e. The Morgan fingerprint density at radius 3 is 1.11 bits per heavy atom. The molecule has 2 unspecified atom stereocenters. The van der Waals surface area contributed by atoms with Gasteiger partial charge in [0.1, 0.15) is 0 Å². The van der Waals surface area contributed by atoms with Crippen molar-refractivity contribution in [2.45, 2.75) is 52.7 Å². The van der Waals surface area contributed by atoms with Crippen molar-refractivity contribution < 1.29 is 53.8 Å². The van der Waals surface area contributed by atoms with E-state index in [2.05, 4.69) is 8.37 Å². The van der Waals surface area contributed by atoms with Gasteiger partial charge in [-0.05, 0) is 26.7 Å². The zero-order chi connectivity index (χ0) is 15.0. The number of hydrogen-bond acceptors (Lipinski definition) is 8. The predicted octanol–water partition coefficient (Wildman–Crippen LogP) is 0.521. The summed E-state index contributed by atoms with van der Waals surface area (Å²) >= 11 is 0. The second-order valence-electron chi connectivity index (χ2n) is 3.45. The summed E-state index contributed by atoms with van der Waals surface area (Å²) in [5, 5.41) is 0. The second-order valence-corrected chi connectivity index (χ2v) is 5.46. The Bertz CT molecular complexity index is 364. The zero-order valence-corrected chi connectivity index (χ0v) is 16.0. The van der Waals surface area contributed by atoms with Crippen molar-refractivity contribution in [1.82, 2.24) is 0 Å². The number of rotatable bonds is 6. The Hall–Kier alpha value is 0.363. The molecule has 19 heavy (non-hydrogen) atoms. The standard InChI is InChI=1S/2C4H10O4S.Zn/c2*1-3-4(2)8-9(5,6)7;/h2*4H,3H2,1-2H3,(H,5,6,7);/q;;+2/p-2. The quantitative estimate of drug-likeness (QED) is 0.375. The third-order valence-corrected chi connectivity index (χ3v) is 2.84. The first-order valence-electron chi connectivity index (χ1n) is 5.19. The maximum atomic E-state index is 9.82. The van der Waals surface area contributed by atoms with Gasteiger partial charge in [0.2, 0.25) is 20.8 Å². The van der Waals surface area contributed by atoms with Gasteiger partial charge in [-0.25, -0.2) is 16.8 Å². The van der Waals surface area contributed by atoms with Crippen LogP contribution in [0.1, 0.15) is 40.5 Å². The zero-order valence-electron chi connectivity index (χ0n) is 11.4. The minimum Gasteiger partial charge on any atom is -0.726 e. The molecule has 8 nitrogen and oxygen atoms in total. The summed E-state index contributed by atoms with van der Waals surface area (Å²) in [4.78, 5) is 0. The van der Waals surface area contributed by atoms with Crippen LogP contribution in [0.4, 0.5) is 0 Å².